The number of hydrogen-bond donors (Lipinski definition) is 2. The van der Waals surface area contributed by atoms with Gasteiger partial charge >= 0.3 is 0 Å². The number of aromatic nitrogens is 2. The third-order valence-corrected chi connectivity index (χ3v) is 2.25. The second-order valence-corrected chi connectivity index (χ2v) is 3.58. The number of carbonyl (C=O) groups is 1. The molecule has 0 aliphatic rings. The first-order valence-corrected chi connectivity index (χ1v) is 5.20. The largest absolute Gasteiger partial charge is 0.497 e. The Morgan fingerprint density at radius 1 is 1.28 bits per heavy atom. The highest BCUT2D eigenvalue weighted by molar-refractivity contribution is 6.04. The van der Waals surface area contributed by atoms with Crippen LogP contribution in [0.15, 0.2) is 36.9 Å². The minimum atomic E-state index is -0.296. The van der Waals surface area contributed by atoms with Crippen LogP contribution in [0, 0.1) is 0 Å². The summed E-state index contributed by atoms with van der Waals surface area (Å²) in [5, 5.41) is 2.66. The molecule has 6 heteroatoms. The molecule has 0 spiro atoms. The van der Waals surface area contributed by atoms with Crippen molar-refractivity contribution in [2.75, 3.05) is 18.2 Å². The molecule has 6 nitrogen and oxygen atoms in total. The topological polar surface area (TPSA) is 90.1 Å². The Morgan fingerprint density at radius 2 is 2.00 bits per heavy atom. The summed E-state index contributed by atoms with van der Waals surface area (Å²) in [5.74, 6) is 0.236. The molecule has 0 atom stereocenters. The lowest BCUT2D eigenvalue weighted by Crippen LogP contribution is -2.12. The minimum Gasteiger partial charge on any atom is -0.497 e. The van der Waals surface area contributed by atoms with Crippen molar-refractivity contribution in [1.29, 1.82) is 0 Å². The molecule has 0 aliphatic heterocycles. The van der Waals surface area contributed by atoms with E-state index in [9.17, 15) is 4.79 Å². The number of nitrogens with zero attached hydrogens (tertiary/aromatic N) is 2. The molecule has 0 saturated carbocycles. The maximum Gasteiger partial charge on any atom is 0.255 e. The van der Waals surface area contributed by atoms with Crippen LogP contribution < -0.4 is 15.8 Å². The van der Waals surface area contributed by atoms with E-state index in [1.54, 1.807) is 18.2 Å². The average Bonchev–Trinajstić information content (AvgIpc) is 2.39. The molecule has 2 rings (SSSR count). The molecule has 1 aromatic carbocycles. The average molecular weight is 244 g/mol. The van der Waals surface area contributed by atoms with Gasteiger partial charge in [0.25, 0.3) is 5.91 Å². The molecule has 2 aromatic rings. The molecule has 18 heavy (non-hydrogen) atoms. The van der Waals surface area contributed by atoms with E-state index < -0.39 is 0 Å². The Kier molecular flexibility index (Phi) is 3.38. The standard InChI is InChI=1S/C12H12N4O2/c1-18-11-3-8(2-9(13)4-11)12(17)16-10-5-14-7-15-6-10/h2-7H,13H2,1H3,(H,16,17). The van der Waals surface area contributed by atoms with E-state index in [0.717, 1.165) is 0 Å². The fraction of sp³-hybridized carbons (Fsp3) is 0.0833. The normalized spacial score (nSPS) is 9.83. The van der Waals surface area contributed by atoms with Crippen molar-refractivity contribution < 1.29 is 9.53 Å². The van der Waals surface area contributed by atoms with E-state index in [4.69, 9.17) is 10.5 Å². The zero-order valence-electron chi connectivity index (χ0n) is 9.75. The van der Waals surface area contributed by atoms with Crippen molar-refractivity contribution in [3.63, 3.8) is 0 Å². The van der Waals surface area contributed by atoms with Crippen LogP contribution >= 0.6 is 0 Å². The van der Waals surface area contributed by atoms with Crippen LogP contribution in [0.3, 0.4) is 0 Å². The lowest BCUT2D eigenvalue weighted by Gasteiger charge is -2.07. The van der Waals surface area contributed by atoms with Crippen molar-refractivity contribution in [3.05, 3.63) is 42.5 Å². The van der Waals surface area contributed by atoms with Gasteiger partial charge in [-0.15, -0.1) is 0 Å². The molecule has 1 amide bonds. The van der Waals surface area contributed by atoms with E-state index in [0.29, 0.717) is 22.7 Å². The maximum absolute atomic E-state index is 12.0. The molecular weight excluding hydrogens is 232 g/mol. The van der Waals surface area contributed by atoms with E-state index in [2.05, 4.69) is 15.3 Å². The Bertz CT molecular complexity index is 557. The molecular formula is C12H12N4O2. The number of amides is 1. The number of hydrogen-bond acceptors (Lipinski definition) is 5. The van der Waals surface area contributed by atoms with Gasteiger partial charge in [-0.25, -0.2) is 9.97 Å². The lowest BCUT2D eigenvalue weighted by atomic mass is 10.1. The quantitative estimate of drug-likeness (QED) is 0.795. The summed E-state index contributed by atoms with van der Waals surface area (Å²) in [6.07, 6.45) is 4.40. The number of nitrogen functional groups attached to an aromatic ring is 1. The fourth-order valence-corrected chi connectivity index (χ4v) is 1.44. The van der Waals surface area contributed by atoms with Gasteiger partial charge in [-0.05, 0) is 12.1 Å². The highest BCUT2D eigenvalue weighted by Crippen LogP contribution is 2.19. The van der Waals surface area contributed by atoms with Crippen LogP contribution in [0.5, 0.6) is 5.75 Å². The van der Waals surface area contributed by atoms with Gasteiger partial charge < -0.3 is 15.8 Å². The summed E-state index contributed by atoms with van der Waals surface area (Å²) in [6, 6.07) is 4.82. The second kappa shape index (κ2) is 5.13. The molecule has 0 unspecified atom stereocenters. The SMILES string of the molecule is COc1cc(N)cc(C(=O)Nc2cncnc2)c1. The molecule has 92 valence electrons. The van der Waals surface area contributed by atoms with Gasteiger partial charge in [0.05, 0.1) is 25.2 Å². The van der Waals surface area contributed by atoms with Gasteiger partial charge in [0.2, 0.25) is 0 Å². The number of nitrogens with one attached hydrogen (secondary N) is 1. The smallest absolute Gasteiger partial charge is 0.255 e. The summed E-state index contributed by atoms with van der Waals surface area (Å²) < 4.78 is 5.05. The Balaban J connectivity index is 2.21. The zero-order valence-corrected chi connectivity index (χ0v) is 9.75. The molecule has 0 saturated heterocycles. The third kappa shape index (κ3) is 2.73. The van der Waals surface area contributed by atoms with Gasteiger partial charge in [-0.3, -0.25) is 4.79 Å². The molecule has 0 bridgehead atoms. The number of nitrogens with two attached hydrogens (primary N) is 1. The first-order chi connectivity index (χ1) is 8.69. The molecule has 0 radical (unpaired) electrons. The number of rotatable bonds is 3. The van der Waals surface area contributed by atoms with Crippen LogP contribution in [-0.2, 0) is 0 Å². The monoisotopic (exact) mass is 244 g/mol. The van der Waals surface area contributed by atoms with Crippen molar-refractivity contribution in [3.8, 4) is 5.75 Å². The van der Waals surface area contributed by atoms with Crippen LogP contribution in [0.25, 0.3) is 0 Å². The first-order valence-electron chi connectivity index (χ1n) is 5.20. The van der Waals surface area contributed by atoms with Crippen LogP contribution in [0.4, 0.5) is 11.4 Å². The number of anilines is 2. The Hall–Kier alpha value is -2.63. The summed E-state index contributed by atoms with van der Waals surface area (Å²) in [5.41, 5.74) is 7.07. The summed E-state index contributed by atoms with van der Waals surface area (Å²) in [4.78, 5) is 19.6. The van der Waals surface area contributed by atoms with Crippen molar-refractivity contribution in [1.82, 2.24) is 9.97 Å². The molecule has 1 aromatic heterocycles. The fourth-order valence-electron chi connectivity index (χ4n) is 1.44. The number of ether oxygens (including phenoxy) is 1. The molecule has 1 heterocycles. The molecule has 0 aliphatic carbocycles. The number of carbonyl (C=O) groups excluding carboxylic acids is 1. The van der Waals surface area contributed by atoms with Gasteiger partial charge in [0, 0.05) is 17.3 Å². The van der Waals surface area contributed by atoms with E-state index >= 15 is 0 Å². The summed E-state index contributed by atoms with van der Waals surface area (Å²) >= 11 is 0. The summed E-state index contributed by atoms with van der Waals surface area (Å²) in [7, 11) is 1.52. The number of benzene rings is 1. The van der Waals surface area contributed by atoms with Gasteiger partial charge in [0.15, 0.2) is 0 Å². The number of methoxy groups -OCH3 is 1. The van der Waals surface area contributed by atoms with Gasteiger partial charge in [-0.2, -0.15) is 0 Å². The summed E-state index contributed by atoms with van der Waals surface area (Å²) in [6.45, 7) is 0. The van der Waals surface area contributed by atoms with Crippen LogP contribution in [-0.4, -0.2) is 23.0 Å². The molecule has 0 fully saturated rings. The van der Waals surface area contributed by atoms with E-state index in [1.165, 1.54) is 25.8 Å². The second-order valence-electron chi connectivity index (χ2n) is 3.58. The van der Waals surface area contributed by atoms with E-state index in [1.807, 2.05) is 0 Å². The van der Waals surface area contributed by atoms with Gasteiger partial charge in [0.1, 0.15) is 12.1 Å². The van der Waals surface area contributed by atoms with Crippen molar-refractivity contribution in [2.24, 2.45) is 0 Å². The predicted octanol–water partition coefficient (Wildman–Crippen LogP) is 1.32. The highest BCUT2D eigenvalue weighted by Gasteiger charge is 2.08. The van der Waals surface area contributed by atoms with Crippen molar-refractivity contribution in [2.45, 2.75) is 0 Å². The van der Waals surface area contributed by atoms with Gasteiger partial charge in [-0.1, -0.05) is 0 Å². The van der Waals surface area contributed by atoms with Crippen LogP contribution in [0.2, 0.25) is 0 Å². The van der Waals surface area contributed by atoms with Crippen LogP contribution in [0.1, 0.15) is 10.4 Å². The zero-order chi connectivity index (χ0) is 13.0. The Morgan fingerprint density at radius 3 is 2.67 bits per heavy atom. The first kappa shape index (κ1) is 11.8. The maximum atomic E-state index is 12.0. The van der Waals surface area contributed by atoms with Crippen molar-refractivity contribution >= 4 is 17.3 Å². The lowest BCUT2D eigenvalue weighted by molar-refractivity contribution is 0.102. The van der Waals surface area contributed by atoms with E-state index in [-0.39, 0.29) is 5.91 Å². The Labute approximate surface area is 104 Å². The predicted molar refractivity (Wildman–Crippen MR) is 67.4 cm³/mol. The highest BCUT2D eigenvalue weighted by atomic mass is 16.5. The third-order valence-electron chi connectivity index (χ3n) is 2.25. The molecule has 3 N–H and O–H groups in total. The minimum absolute atomic E-state index is 0.296.